The fraction of sp³-hybridized carbons (Fsp3) is 0.185. The second-order valence-electron chi connectivity index (χ2n) is 8.52. The summed E-state index contributed by atoms with van der Waals surface area (Å²) in [5.41, 5.74) is 3.51. The topological polar surface area (TPSA) is 84.4 Å². The minimum Gasteiger partial charge on any atom is -0.457 e. The lowest BCUT2D eigenvalue weighted by atomic mass is 10.0. The molecule has 1 aromatic heterocycles. The number of anilines is 2. The molecule has 0 atom stereocenters. The van der Waals surface area contributed by atoms with Crippen molar-refractivity contribution in [2.75, 3.05) is 24.7 Å². The van der Waals surface area contributed by atoms with Crippen LogP contribution in [0.2, 0.25) is 0 Å². The van der Waals surface area contributed by atoms with Crippen LogP contribution in [0.3, 0.4) is 0 Å². The molecule has 1 saturated heterocycles. The fourth-order valence-corrected chi connectivity index (χ4v) is 4.71. The third-order valence-electron chi connectivity index (χ3n) is 5.78. The molecule has 4 aromatic rings. The van der Waals surface area contributed by atoms with E-state index in [0.29, 0.717) is 18.9 Å². The number of hydrogen-bond donors (Lipinski definition) is 1. The second kappa shape index (κ2) is 9.37. The van der Waals surface area contributed by atoms with Gasteiger partial charge in [-0.3, -0.25) is 0 Å². The van der Waals surface area contributed by atoms with Gasteiger partial charge in [0, 0.05) is 35.6 Å². The van der Waals surface area contributed by atoms with Crippen LogP contribution in [0.25, 0.3) is 10.9 Å². The van der Waals surface area contributed by atoms with Crippen molar-refractivity contribution in [3.8, 4) is 23.3 Å². The highest BCUT2D eigenvalue weighted by molar-refractivity contribution is 7.88. The van der Waals surface area contributed by atoms with Crippen LogP contribution in [-0.2, 0) is 10.0 Å². The van der Waals surface area contributed by atoms with Crippen molar-refractivity contribution in [1.29, 1.82) is 0 Å². The van der Waals surface area contributed by atoms with E-state index in [2.05, 4.69) is 27.1 Å². The van der Waals surface area contributed by atoms with Crippen LogP contribution in [0.4, 0.5) is 11.5 Å². The Morgan fingerprint density at radius 3 is 2.57 bits per heavy atom. The maximum atomic E-state index is 11.5. The molecule has 7 nitrogen and oxygen atoms in total. The van der Waals surface area contributed by atoms with E-state index in [1.165, 1.54) is 16.9 Å². The van der Waals surface area contributed by atoms with Gasteiger partial charge in [-0.25, -0.2) is 18.4 Å². The van der Waals surface area contributed by atoms with Crippen LogP contribution in [0.5, 0.6) is 11.5 Å². The first kappa shape index (κ1) is 22.8. The molecule has 2 heterocycles. The van der Waals surface area contributed by atoms with Gasteiger partial charge in [0.15, 0.2) is 0 Å². The third-order valence-corrected chi connectivity index (χ3v) is 7.02. The molecular formula is C27H24N4O3S. The number of rotatable bonds is 5. The van der Waals surface area contributed by atoms with Gasteiger partial charge in [-0.1, -0.05) is 30.0 Å². The molecule has 0 spiro atoms. The van der Waals surface area contributed by atoms with E-state index in [9.17, 15) is 8.42 Å². The van der Waals surface area contributed by atoms with Crippen molar-refractivity contribution in [1.82, 2.24) is 14.3 Å². The summed E-state index contributed by atoms with van der Waals surface area (Å²) in [7, 11) is -3.14. The predicted octanol–water partition coefficient (Wildman–Crippen LogP) is 4.72. The fourth-order valence-electron chi connectivity index (χ4n) is 3.81. The van der Waals surface area contributed by atoms with Gasteiger partial charge in [0.1, 0.15) is 23.6 Å². The number of aromatic nitrogens is 2. The smallest absolute Gasteiger partial charge is 0.211 e. The standard InChI is InChI=1S/C27H24N4O3S/c1-19-14-22(11-13-26(19)34-23-6-4-3-5-7-23)30-27-24-15-20(10-12-25(24)28-18-29-27)8-9-21-16-31(17-21)35(2,32)33/h3-7,10-15,18,21H,16-17H2,1-2H3,(H,28,29,30). The number of fused-ring (bicyclic) bond motifs is 1. The monoisotopic (exact) mass is 484 g/mol. The quantitative estimate of drug-likeness (QED) is 0.413. The SMILES string of the molecule is Cc1cc(Nc2ncnc3ccc(C#CC4CN(S(C)(=O)=O)C4)cc23)ccc1Oc1ccccc1. The van der Waals surface area contributed by atoms with Crippen LogP contribution in [0, 0.1) is 24.7 Å². The Balaban J connectivity index is 1.34. The summed E-state index contributed by atoms with van der Waals surface area (Å²) in [5, 5.41) is 4.24. The molecule has 8 heteroatoms. The van der Waals surface area contributed by atoms with Gasteiger partial charge in [0.25, 0.3) is 0 Å². The van der Waals surface area contributed by atoms with Crippen LogP contribution >= 0.6 is 0 Å². The number of nitrogens with zero attached hydrogens (tertiary/aromatic N) is 3. The Kier molecular flexibility index (Phi) is 6.12. The van der Waals surface area contributed by atoms with E-state index in [1.54, 1.807) is 0 Å². The molecule has 1 aliphatic rings. The zero-order valence-corrected chi connectivity index (χ0v) is 20.2. The minimum absolute atomic E-state index is 0.0460. The Morgan fingerprint density at radius 1 is 1.03 bits per heavy atom. The Bertz CT molecular complexity index is 1550. The number of para-hydroxylation sites is 1. The normalized spacial score (nSPS) is 14.1. The summed E-state index contributed by atoms with van der Waals surface area (Å²) in [6, 6.07) is 21.4. The van der Waals surface area contributed by atoms with Gasteiger partial charge < -0.3 is 10.1 Å². The number of nitrogens with one attached hydrogen (secondary N) is 1. The molecule has 1 N–H and O–H groups in total. The number of ether oxygens (including phenoxy) is 1. The lowest BCUT2D eigenvalue weighted by Gasteiger charge is -2.33. The van der Waals surface area contributed by atoms with E-state index < -0.39 is 10.0 Å². The first-order valence-electron chi connectivity index (χ1n) is 11.2. The van der Waals surface area contributed by atoms with E-state index in [4.69, 9.17) is 4.74 Å². The Labute approximate surface area is 204 Å². The van der Waals surface area contributed by atoms with Crippen molar-refractivity contribution in [2.24, 2.45) is 5.92 Å². The maximum absolute atomic E-state index is 11.5. The minimum atomic E-state index is -3.14. The van der Waals surface area contributed by atoms with E-state index >= 15 is 0 Å². The lowest BCUT2D eigenvalue weighted by molar-refractivity contribution is 0.252. The number of aryl methyl sites for hydroxylation is 1. The van der Waals surface area contributed by atoms with Crippen LogP contribution in [0.15, 0.2) is 73.1 Å². The van der Waals surface area contributed by atoms with Crippen molar-refractivity contribution in [3.63, 3.8) is 0 Å². The van der Waals surface area contributed by atoms with E-state index in [0.717, 1.165) is 39.2 Å². The number of benzene rings is 3. The van der Waals surface area contributed by atoms with Crippen LogP contribution in [0.1, 0.15) is 11.1 Å². The molecule has 176 valence electrons. The highest BCUT2D eigenvalue weighted by Crippen LogP contribution is 2.30. The first-order valence-corrected chi connectivity index (χ1v) is 13.0. The maximum Gasteiger partial charge on any atom is 0.211 e. The molecule has 5 rings (SSSR count). The van der Waals surface area contributed by atoms with Crippen molar-refractivity contribution in [2.45, 2.75) is 6.92 Å². The van der Waals surface area contributed by atoms with Crippen molar-refractivity contribution in [3.05, 3.63) is 84.2 Å². The Morgan fingerprint density at radius 2 is 1.83 bits per heavy atom. The molecular weight excluding hydrogens is 460 g/mol. The molecule has 0 amide bonds. The summed E-state index contributed by atoms with van der Waals surface area (Å²) in [5.74, 6) is 8.65. The summed E-state index contributed by atoms with van der Waals surface area (Å²) >= 11 is 0. The zero-order valence-electron chi connectivity index (χ0n) is 19.4. The summed E-state index contributed by atoms with van der Waals surface area (Å²) in [4.78, 5) is 8.82. The summed E-state index contributed by atoms with van der Waals surface area (Å²) in [6.45, 7) is 2.89. The molecule has 35 heavy (non-hydrogen) atoms. The highest BCUT2D eigenvalue weighted by atomic mass is 32.2. The Hall–Kier alpha value is -3.93. The highest BCUT2D eigenvalue weighted by Gasteiger charge is 2.31. The zero-order chi connectivity index (χ0) is 24.4. The molecule has 3 aromatic carbocycles. The van der Waals surface area contributed by atoms with Crippen LogP contribution < -0.4 is 10.1 Å². The first-order chi connectivity index (χ1) is 16.8. The third kappa shape index (κ3) is 5.27. The van der Waals surface area contributed by atoms with Gasteiger partial charge in [-0.05, 0) is 61.0 Å². The van der Waals surface area contributed by atoms with E-state index in [-0.39, 0.29) is 5.92 Å². The predicted molar refractivity (Wildman–Crippen MR) is 137 cm³/mol. The van der Waals surface area contributed by atoms with Gasteiger partial charge >= 0.3 is 0 Å². The second-order valence-corrected chi connectivity index (χ2v) is 10.5. The molecule has 0 aliphatic carbocycles. The molecule has 0 bridgehead atoms. The van der Waals surface area contributed by atoms with Gasteiger partial charge in [-0.15, -0.1) is 0 Å². The lowest BCUT2D eigenvalue weighted by Crippen LogP contribution is -2.48. The van der Waals surface area contributed by atoms with Gasteiger partial charge in [0.05, 0.1) is 11.8 Å². The molecule has 0 radical (unpaired) electrons. The molecule has 0 saturated carbocycles. The van der Waals surface area contributed by atoms with Gasteiger partial charge in [-0.2, -0.15) is 4.31 Å². The number of hydrogen-bond acceptors (Lipinski definition) is 6. The molecule has 1 aliphatic heterocycles. The van der Waals surface area contributed by atoms with E-state index in [1.807, 2.05) is 73.7 Å². The average molecular weight is 485 g/mol. The molecule has 1 fully saturated rings. The van der Waals surface area contributed by atoms with Crippen molar-refractivity contribution < 1.29 is 13.2 Å². The average Bonchev–Trinajstić information content (AvgIpc) is 2.80. The van der Waals surface area contributed by atoms with Gasteiger partial charge in [0.2, 0.25) is 10.0 Å². The van der Waals surface area contributed by atoms with Crippen molar-refractivity contribution >= 4 is 32.4 Å². The summed E-state index contributed by atoms with van der Waals surface area (Å²) in [6.07, 6.45) is 2.75. The largest absolute Gasteiger partial charge is 0.457 e. The number of sulfonamides is 1. The van der Waals surface area contributed by atoms with Crippen LogP contribution in [-0.4, -0.2) is 42.0 Å². The molecule has 0 unspecified atom stereocenters. The summed E-state index contributed by atoms with van der Waals surface area (Å²) < 4.78 is 30.5.